The third kappa shape index (κ3) is 35.6. The minimum absolute atomic E-state index is 0.0436. The molecule has 0 aliphatic carbocycles. The first-order valence-corrected chi connectivity index (χ1v) is 25.2. The zero-order chi connectivity index (χ0) is 43.6. The molecule has 0 saturated carbocycles. The first-order valence-electron chi connectivity index (χ1n) is 22.2. The number of aliphatic hydroxyl groups is 1. The molecule has 0 aromatic carbocycles. The van der Waals surface area contributed by atoms with Gasteiger partial charge in [-0.1, -0.05) is 141 Å². The second kappa shape index (κ2) is 34.8. The number of rotatable bonds is 40. The molecule has 0 radical (unpaired) electrons. The highest BCUT2D eigenvalue weighted by Crippen LogP contribution is 2.44. The van der Waals surface area contributed by atoms with Crippen LogP contribution in [0.5, 0.6) is 0 Å². The van der Waals surface area contributed by atoms with Crippen LogP contribution >= 0.6 is 15.6 Å². The van der Waals surface area contributed by atoms with Gasteiger partial charge >= 0.3 is 27.6 Å². The maximum Gasteiger partial charge on any atom is 0.472 e. The van der Waals surface area contributed by atoms with Gasteiger partial charge in [0.05, 0.1) is 32.0 Å². The summed E-state index contributed by atoms with van der Waals surface area (Å²) in [6, 6.07) is 0. The van der Waals surface area contributed by atoms with Crippen molar-refractivity contribution in [3.05, 3.63) is 36.5 Å². The van der Waals surface area contributed by atoms with Gasteiger partial charge in [0.15, 0.2) is 6.10 Å². The fourth-order valence-corrected chi connectivity index (χ4v) is 7.27. The van der Waals surface area contributed by atoms with Crippen LogP contribution in [-0.2, 0) is 46.5 Å². The number of aliphatic hydroxyl groups excluding tert-OH is 1. The van der Waals surface area contributed by atoms with Crippen molar-refractivity contribution in [3.8, 4) is 0 Å². The Bertz CT molecular complexity index is 1270. The Kier molecular flexibility index (Phi) is 32.7. The molecule has 344 valence electrons. The molecule has 4 unspecified atom stereocenters. The number of phosphoric ester groups is 2. The number of carbonyl (C=O) groups is 2. The molecule has 4 N–H and O–H groups in total. The van der Waals surface area contributed by atoms with Crippen LogP contribution < -0.4 is 0 Å². The maximum absolute atomic E-state index is 12.7. The van der Waals surface area contributed by atoms with E-state index in [9.17, 15) is 28.7 Å². The van der Waals surface area contributed by atoms with Crippen molar-refractivity contribution in [2.75, 3.05) is 26.4 Å². The van der Waals surface area contributed by atoms with E-state index < -0.39 is 66.2 Å². The lowest BCUT2D eigenvalue weighted by Crippen LogP contribution is -2.30. The molecular formula is C43H78O14P2. The molecule has 0 bridgehead atoms. The van der Waals surface area contributed by atoms with Crippen molar-refractivity contribution in [3.63, 3.8) is 0 Å². The summed E-state index contributed by atoms with van der Waals surface area (Å²) in [6.45, 7) is 3.98. The molecule has 14 nitrogen and oxygen atoms in total. The fraction of sp³-hybridized carbons (Fsp3) is 0.814. The van der Waals surface area contributed by atoms with E-state index in [0.717, 1.165) is 50.9 Å². The van der Waals surface area contributed by atoms with Crippen molar-refractivity contribution in [1.29, 1.82) is 0 Å². The average molecular weight is 881 g/mol. The van der Waals surface area contributed by atoms with Gasteiger partial charge in [0.2, 0.25) is 0 Å². The van der Waals surface area contributed by atoms with Crippen LogP contribution in [0.1, 0.15) is 168 Å². The lowest BCUT2D eigenvalue weighted by Gasteiger charge is -2.20. The molecule has 1 saturated heterocycles. The summed E-state index contributed by atoms with van der Waals surface area (Å²) < 4.78 is 53.6. The molecule has 0 spiro atoms. The highest BCUT2D eigenvalue weighted by atomic mass is 31.2. The minimum Gasteiger partial charge on any atom is -0.462 e. The Morgan fingerprint density at radius 3 is 1.88 bits per heavy atom. The summed E-state index contributed by atoms with van der Waals surface area (Å²) in [7, 11) is -9.70. The third-order valence-electron chi connectivity index (χ3n) is 9.99. The van der Waals surface area contributed by atoms with E-state index in [-0.39, 0.29) is 25.0 Å². The second-order valence-electron chi connectivity index (χ2n) is 15.6. The Morgan fingerprint density at radius 1 is 0.661 bits per heavy atom. The Labute approximate surface area is 354 Å². The van der Waals surface area contributed by atoms with Gasteiger partial charge in [0.1, 0.15) is 12.7 Å². The molecule has 59 heavy (non-hydrogen) atoms. The van der Waals surface area contributed by atoms with E-state index >= 15 is 0 Å². The van der Waals surface area contributed by atoms with Crippen LogP contribution in [0.25, 0.3) is 0 Å². The standard InChI is InChI=1S/C43H78O14P2/c1-4-6-7-8-9-10-11-12-16-19-22-25-29-40-41(57-40)30-27-32-43(46)56-39(36-55-59(50,51)54-34-38(44)33-53-58(47,48)49)35-52-42(45)31-26-23-20-17-14-13-15-18-21-24-28-37(3)5-2/h9-10,12,16,22,25,37-41,44H,4-8,11,13-15,17-21,23-24,26-36H2,1-3H3,(H,50,51)(H2,47,48,49)/b10-9-,16-12-,25-22-/t37?,38-,39+,40?,41?/m0/s1. The van der Waals surface area contributed by atoms with Gasteiger partial charge in [-0.3, -0.25) is 23.2 Å². The fourth-order valence-electron chi connectivity index (χ4n) is 6.12. The Balaban J connectivity index is 2.42. The summed E-state index contributed by atoms with van der Waals surface area (Å²) in [5.41, 5.74) is 0. The van der Waals surface area contributed by atoms with Crippen molar-refractivity contribution in [2.45, 2.75) is 193 Å². The largest absolute Gasteiger partial charge is 0.472 e. The van der Waals surface area contributed by atoms with Crippen LogP contribution in [0.3, 0.4) is 0 Å². The summed E-state index contributed by atoms with van der Waals surface area (Å²) in [6.07, 6.45) is 33.0. The molecule has 16 heteroatoms. The number of carbonyl (C=O) groups excluding carboxylic acids is 2. The summed E-state index contributed by atoms with van der Waals surface area (Å²) in [4.78, 5) is 52.8. The molecule has 1 aliphatic heterocycles. The van der Waals surface area contributed by atoms with Gasteiger partial charge in [-0.2, -0.15) is 0 Å². The maximum atomic E-state index is 12.7. The molecule has 1 aliphatic rings. The number of phosphoric acid groups is 2. The monoisotopic (exact) mass is 880 g/mol. The van der Waals surface area contributed by atoms with Crippen molar-refractivity contribution in [2.24, 2.45) is 5.92 Å². The van der Waals surface area contributed by atoms with Crippen molar-refractivity contribution >= 4 is 27.6 Å². The van der Waals surface area contributed by atoms with Crippen LogP contribution in [0.15, 0.2) is 36.5 Å². The molecule has 1 rings (SSSR count). The number of esters is 2. The first-order chi connectivity index (χ1) is 28.2. The van der Waals surface area contributed by atoms with E-state index in [2.05, 4.69) is 66.3 Å². The Morgan fingerprint density at radius 2 is 1.24 bits per heavy atom. The normalized spacial score (nSPS) is 18.4. The van der Waals surface area contributed by atoms with Gasteiger partial charge < -0.3 is 34.0 Å². The van der Waals surface area contributed by atoms with Crippen molar-refractivity contribution < 1.29 is 66.3 Å². The molecule has 1 fully saturated rings. The van der Waals surface area contributed by atoms with Gasteiger partial charge in [0.25, 0.3) is 0 Å². The average Bonchev–Trinajstić information content (AvgIpc) is 3.95. The van der Waals surface area contributed by atoms with Gasteiger partial charge in [-0.15, -0.1) is 0 Å². The summed E-state index contributed by atoms with van der Waals surface area (Å²) in [5, 5.41) is 9.76. The van der Waals surface area contributed by atoms with E-state index in [1.165, 1.54) is 70.6 Å². The molecule has 0 aromatic rings. The van der Waals surface area contributed by atoms with E-state index in [4.69, 9.17) is 28.5 Å². The zero-order valence-electron chi connectivity index (χ0n) is 36.2. The van der Waals surface area contributed by atoms with Crippen LogP contribution in [0.4, 0.5) is 0 Å². The van der Waals surface area contributed by atoms with E-state index in [1.807, 2.05) is 0 Å². The quantitative estimate of drug-likeness (QED) is 0.0149. The highest BCUT2D eigenvalue weighted by molar-refractivity contribution is 7.47. The molecule has 6 atom stereocenters. The SMILES string of the molecule is CCCCC/C=C\C/C=C\C/C=C\CC1OC1CCCC(=O)O[C@H](COC(=O)CCCCCCCCCCCCC(C)CC)COP(=O)(O)OC[C@@H](O)COP(=O)(O)O. The topological polar surface area (TPSA) is 208 Å². The van der Waals surface area contributed by atoms with Gasteiger partial charge in [0, 0.05) is 12.8 Å². The Hall–Kier alpha value is -1.70. The number of ether oxygens (including phenoxy) is 3. The lowest BCUT2D eigenvalue weighted by atomic mass is 9.99. The second-order valence-corrected chi connectivity index (χ2v) is 18.3. The van der Waals surface area contributed by atoms with E-state index in [1.54, 1.807) is 0 Å². The molecule has 0 aromatic heterocycles. The smallest absolute Gasteiger partial charge is 0.462 e. The number of hydrogen-bond acceptors (Lipinski definition) is 11. The molecule has 1 heterocycles. The predicted octanol–water partition coefficient (Wildman–Crippen LogP) is 10.1. The van der Waals surface area contributed by atoms with Crippen molar-refractivity contribution in [1.82, 2.24) is 0 Å². The van der Waals surface area contributed by atoms with Crippen LogP contribution in [0, 0.1) is 5.92 Å². The summed E-state index contributed by atoms with van der Waals surface area (Å²) in [5.74, 6) is -0.285. The van der Waals surface area contributed by atoms with Crippen LogP contribution in [-0.4, -0.2) is 82.6 Å². The van der Waals surface area contributed by atoms with Gasteiger partial charge in [-0.25, -0.2) is 9.13 Å². The lowest BCUT2D eigenvalue weighted by molar-refractivity contribution is -0.161. The number of hydrogen-bond donors (Lipinski definition) is 4. The molecular weight excluding hydrogens is 802 g/mol. The first kappa shape index (κ1) is 55.3. The minimum atomic E-state index is -4.87. The predicted molar refractivity (Wildman–Crippen MR) is 229 cm³/mol. The van der Waals surface area contributed by atoms with Gasteiger partial charge in [-0.05, 0) is 57.3 Å². The van der Waals surface area contributed by atoms with E-state index in [0.29, 0.717) is 19.3 Å². The number of epoxide rings is 1. The zero-order valence-corrected chi connectivity index (χ0v) is 38.0. The highest BCUT2D eigenvalue weighted by Gasteiger charge is 2.37. The summed E-state index contributed by atoms with van der Waals surface area (Å²) >= 11 is 0. The third-order valence-corrected chi connectivity index (χ3v) is 11.4. The van der Waals surface area contributed by atoms with Crippen LogP contribution in [0.2, 0.25) is 0 Å². The number of unbranched alkanes of at least 4 members (excludes halogenated alkanes) is 12. The number of allylic oxidation sites excluding steroid dienone is 5. The molecule has 0 amide bonds.